The average molecular weight is 452 g/mol. The smallest absolute Gasteiger partial charge is 0.407 e. The first kappa shape index (κ1) is 18.4. The maximum absolute atomic E-state index is 14.5. The normalized spacial score (nSPS) is 21.0. The molecule has 10 heteroatoms. The lowest BCUT2D eigenvalue weighted by molar-refractivity contribution is 0.0981. The number of benzene rings is 1. The van der Waals surface area contributed by atoms with Crippen LogP contribution in [0.25, 0.3) is 10.9 Å². The van der Waals surface area contributed by atoms with Crippen LogP contribution < -0.4 is 4.90 Å². The number of fused-ring (bicyclic) bond motifs is 1. The molecule has 0 spiro atoms. The van der Waals surface area contributed by atoms with Crippen LogP contribution in [-0.4, -0.2) is 51.2 Å². The van der Waals surface area contributed by atoms with Crippen molar-refractivity contribution in [3.63, 3.8) is 0 Å². The molecule has 0 radical (unpaired) electrons. The molecule has 2 unspecified atom stereocenters. The number of aromatic nitrogens is 2. The second kappa shape index (κ2) is 6.74. The van der Waals surface area contributed by atoms with Crippen LogP contribution in [0.15, 0.2) is 10.5 Å². The fraction of sp³-hybridized carbons (Fsp3) is 0.400. The summed E-state index contributed by atoms with van der Waals surface area (Å²) in [6.45, 7) is 4.42. The number of nitrogens with zero attached hydrogens (tertiary/aromatic N) is 4. The van der Waals surface area contributed by atoms with Gasteiger partial charge in [0.05, 0.1) is 21.6 Å². The van der Waals surface area contributed by atoms with Crippen molar-refractivity contribution < 1.29 is 14.3 Å². The van der Waals surface area contributed by atoms with E-state index in [1.54, 1.807) is 6.07 Å². The van der Waals surface area contributed by atoms with Gasteiger partial charge in [0.25, 0.3) is 0 Å². The minimum atomic E-state index is -0.969. The molecule has 2 aromatic rings. The first-order valence-electron chi connectivity index (χ1n) is 7.47. The maximum Gasteiger partial charge on any atom is 0.407 e. The Morgan fingerprint density at radius 2 is 1.92 bits per heavy atom. The van der Waals surface area contributed by atoms with E-state index in [2.05, 4.69) is 25.9 Å². The van der Waals surface area contributed by atoms with Crippen LogP contribution in [-0.2, 0) is 0 Å². The first-order chi connectivity index (χ1) is 11.7. The molecule has 134 valence electrons. The quantitative estimate of drug-likeness (QED) is 0.513. The summed E-state index contributed by atoms with van der Waals surface area (Å²) < 4.78 is 14.6. The number of hydrogen-bond donors (Lipinski definition) is 1. The van der Waals surface area contributed by atoms with Gasteiger partial charge < -0.3 is 10.0 Å². The summed E-state index contributed by atoms with van der Waals surface area (Å²) in [6.07, 6.45) is -0.969. The van der Waals surface area contributed by atoms with Crippen molar-refractivity contribution in [2.45, 2.75) is 25.9 Å². The van der Waals surface area contributed by atoms with Crippen molar-refractivity contribution in [2.24, 2.45) is 0 Å². The van der Waals surface area contributed by atoms with Gasteiger partial charge in [0.15, 0.2) is 5.82 Å². The third kappa shape index (κ3) is 3.22. The molecule has 1 aromatic carbocycles. The Morgan fingerprint density at radius 3 is 2.48 bits per heavy atom. The number of halogens is 4. The Labute approximate surface area is 161 Å². The van der Waals surface area contributed by atoms with Crippen molar-refractivity contribution in [2.75, 3.05) is 18.0 Å². The van der Waals surface area contributed by atoms with Crippen LogP contribution in [0, 0.1) is 5.82 Å². The molecule has 1 aromatic heterocycles. The SMILES string of the molecule is CC1CN(c2nc(Cl)nc3c(F)c(Br)c(Cl)cc23)CC(C)N1C(=O)O. The van der Waals surface area contributed by atoms with E-state index in [9.17, 15) is 14.3 Å². The molecule has 1 saturated heterocycles. The summed E-state index contributed by atoms with van der Waals surface area (Å²) in [4.78, 5) is 22.9. The summed E-state index contributed by atoms with van der Waals surface area (Å²) in [5.74, 6) is -0.176. The van der Waals surface area contributed by atoms with Gasteiger partial charge in [-0.15, -0.1) is 0 Å². The highest BCUT2D eigenvalue weighted by atomic mass is 79.9. The molecule has 1 aliphatic heterocycles. The molecule has 2 heterocycles. The lowest BCUT2D eigenvalue weighted by Gasteiger charge is -2.43. The van der Waals surface area contributed by atoms with Gasteiger partial charge in [0.1, 0.15) is 11.3 Å². The second-order valence-corrected chi connectivity index (χ2v) is 7.53. The maximum atomic E-state index is 14.5. The first-order valence-corrected chi connectivity index (χ1v) is 9.02. The molecular weight excluding hydrogens is 438 g/mol. The van der Waals surface area contributed by atoms with Crippen LogP contribution in [0.4, 0.5) is 15.0 Å². The molecule has 1 aliphatic rings. The minimum absolute atomic E-state index is 0.0623. The Balaban J connectivity index is 2.12. The Bertz CT molecular complexity index is 857. The van der Waals surface area contributed by atoms with Crippen LogP contribution in [0.2, 0.25) is 10.3 Å². The molecule has 3 rings (SSSR count). The lowest BCUT2D eigenvalue weighted by atomic mass is 10.1. The largest absolute Gasteiger partial charge is 0.465 e. The topological polar surface area (TPSA) is 69.6 Å². The number of carbonyl (C=O) groups is 1. The number of anilines is 1. The fourth-order valence-electron chi connectivity index (χ4n) is 3.24. The van der Waals surface area contributed by atoms with Gasteiger partial charge in [-0.2, -0.15) is 4.98 Å². The summed E-state index contributed by atoms with van der Waals surface area (Å²) in [7, 11) is 0. The molecule has 1 fully saturated rings. The highest BCUT2D eigenvalue weighted by Crippen LogP contribution is 2.36. The van der Waals surface area contributed by atoms with E-state index in [0.29, 0.717) is 24.3 Å². The van der Waals surface area contributed by atoms with E-state index in [-0.39, 0.29) is 32.4 Å². The standard InChI is InChI=1S/C15H14BrCl2FN4O2/c1-6-4-22(5-7(2)23(6)15(24)25)13-8-3-9(17)10(16)11(19)12(8)20-14(18)21-13/h3,6-7H,4-5H2,1-2H3,(H,24,25). The van der Waals surface area contributed by atoms with E-state index in [0.717, 1.165) is 0 Å². The molecule has 0 aliphatic carbocycles. The third-order valence-corrected chi connectivity index (χ3v) is 5.69. The zero-order valence-electron chi connectivity index (χ0n) is 13.3. The Morgan fingerprint density at radius 1 is 1.32 bits per heavy atom. The molecule has 25 heavy (non-hydrogen) atoms. The van der Waals surface area contributed by atoms with E-state index >= 15 is 0 Å². The highest BCUT2D eigenvalue weighted by Gasteiger charge is 2.34. The molecular formula is C15H14BrCl2FN4O2. The van der Waals surface area contributed by atoms with Crippen molar-refractivity contribution in [1.82, 2.24) is 14.9 Å². The number of rotatable bonds is 1. The third-order valence-electron chi connectivity index (χ3n) is 4.22. The van der Waals surface area contributed by atoms with Crippen molar-refractivity contribution in [3.8, 4) is 0 Å². The van der Waals surface area contributed by atoms with Gasteiger partial charge >= 0.3 is 6.09 Å². The fourth-order valence-corrected chi connectivity index (χ4v) is 3.90. The molecule has 0 saturated carbocycles. The number of carboxylic acid groups (broad SMARTS) is 1. The average Bonchev–Trinajstić information content (AvgIpc) is 2.52. The van der Waals surface area contributed by atoms with Gasteiger partial charge in [-0.05, 0) is 47.4 Å². The molecule has 6 nitrogen and oxygen atoms in total. The molecule has 1 N–H and O–H groups in total. The highest BCUT2D eigenvalue weighted by molar-refractivity contribution is 9.10. The summed E-state index contributed by atoms with van der Waals surface area (Å²) in [6, 6.07) is 1.05. The van der Waals surface area contributed by atoms with Crippen LogP contribution >= 0.6 is 39.1 Å². The molecule has 0 bridgehead atoms. The summed E-state index contributed by atoms with van der Waals surface area (Å²) in [5.41, 5.74) is 0.0623. The Kier molecular flexibility index (Phi) is 4.96. The van der Waals surface area contributed by atoms with Gasteiger partial charge in [-0.25, -0.2) is 14.2 Å². The van der Waals surface area contributed by atoms with Crippen LogP contribution in [0.3, 0.4) is 0 Å². The predicted molar refractivity (Wildman–Crippen MR) is 98.2 cm³/mol. The van der Waals surface area contributed by atoms with E-state index in [1.807, 2.05) is 18.7 Å². The summed E-state index contributed by atoms with van der Waals surface area (Å²) >= 11 is 15.2. The van der Waals surface area contributed by atoms with Gasteiger partial charge in [0.2, 0.25) is 5.28 Å². The van der Waals surface area contributed by atoms with Crippen LogP contribution in [0.5, 0.6) is 0 Å². The minimum Gasteiger partial charge on any atom is -0.465 e. The van der Waals surface area contributed by atoms with Gasteiger partial charge in [-0.1, -0.05) is 11.6 Å². The Hall–Kier alpha value is -1.38. The van der Waals surface area contributed by atoms with E-state index in [4.69, 9.17) is 23.2 Å². The van der Waals surface area contributed by atoms with Gasteiger partial charge in [-0.3, -0.25) is 4.90 Å². The number of piperazine rings is 1. The van der Waals surface area contributed by atoms with Crippen LogP contribution in [0.1, 0.15) is 13.8 Å². The molecule has 1 amide bonds. The zero-order chi connectivity index (χ0) is 18.5. The second-order valence-electron chi connectivity index (χ2n) is 5.99. The zero-order valence-corrected chi connectivity index (χ0v) is 16.4. The van der Waals surface area contributed by atoms with E-state index in [1.165, 1.54) is 4.90 Å². The van der Waals surface area contributed by atoms with Crippen molar-refractivity contribution >= 4 is 61.9 Å². The molecule has 2 atom stereocenters. The monoisotopic (exact) mass is 450 g/mol. The predicted octanol–water partition coefficient (Wildman–Crippen LogP) is 4.42. The van der Waals surface area contributed by atoms with Gasteiger partial charge in [0, 0.05) is 18.5 Å². The number of hydrogen-bond acceptors (Lipinski definition) is 4. The number of amides is 1. The van der Waals surface area contributed by atoms with Crippen molar-refractivity contribution in [1.29, 1.82) is 0 Å². The van der Waals surface area contributed by atoms with Crippen molar-refractivity contribution in [3.05, 3.63) is 26.7 Å². The lowest BCUT2D eigenvalue weighted by Crippen LogP contribution is -2.58. The van der Waals surface area contributed by atoms with E-state index < -0.39 is 11.9 Å². The summed E-state index contributed by atoms with van der Waals surface area (Å²) in [5, 5.41) is 9.88.